The van der Waals surface area contributed by atoms with E-state index in [1.807, 2.05) is 24.3 Å². The van der Waals surface area contributed by atoms with Gasteiger partial charge in [-0.3, -0.25) is 0 Å². The molecule has 0 amide bonds. The molecule has 0 aromatic heterocycles. The molecule has 0 unspecified atom stereocenters. The van der Waals surface area contributed by atoms with Gasteiger partial charge in [-0.1, -0.05) is 43.5 Å². The first-order valence-corrected chi connectivity index (χ1v) is 6.71. The predicted molar refractivity (Wildman–Crippen MR) is 73.1 cm³/mol. The second-order valence-corrected chi connectivity index (χ2v) is 5.21. The summed E-state index contributed by atoms with van der Waals surface area (Å²) in [6.07, 6.45) is 5.94. The van der Waals surface area contributed by atoms with E-state index in [0.29, 0.717) is 5.92 Å². The van der Waals surface area contributed by atoms with Crippen LogP contribution < -0.4 is 0 Å². The first kappa shape index (κ1) is 11.4. The number of hydrogen-bond donors (Lipinski definition) is 2. The molecule has 2 aromatic carbocycles. The second kappa shape index (κ2) is 4.52. The predicted octanol–water partition coefficient (Wildman–Crippen LogP) is 4.30. The van der Waals surface area contributed by atoms with Crippen LogP contribution in [0, 0.1) is 0 Å². The highest BCUT2D eigenvalue weighted by Crippen LogP contribution is 2.44. The molecule has 2 nitrogen and oxygen atoms in total. The number of aromatic hydroxyl groups is 2. The zero-order valence-corrected chi connectivity index (χ0v) is 10.4. The van der Waals surface area contributed by atoms with Crippen LogP contribution >= 0.6 is 0 Å². The third kappa shape index (κ3) is 1.82. The lowest BCUT2D eigenvalue weighted by molar-refractivity contribution is 0.383. The summed E-state index contributed by atoms with van der Waals surface area (Å²) < 4.78 is 0. The van der Waals surface area contributed by atoms with Crippen molar-refractivity contribution in [1.29, 1.82) is 0 Å². The molecule has 2 aromatic rings. The lowest BCUT2D eigenvalue weighted by atomic mass is 9.81. The Morgan fingerprint density at radius 1 is 0.944 bits per heavy atom. The number of benzene rings is 2. The van der Waals surface area contributed by atoms with Gasteiger partial charge in [-0.15, -0.1) is 0 Å². The van der Waals surface area contributed by atoms with Crippen LogP contribution in [0.4, 0.5) is 0 Å². The zero-order valence-electron chi connectivity index (χ0n) is 10.4. The molecule has 18 heavy (non-hydrogen) atoms. The van der Waals surface area contributed by atoms with E-state index in [1.165, 1.54) is 19.3 Å². The molecular formula is C16H18O2. The maximum Gasteiger partial charge on any atom is 0.161 e. The van der Waals surface area contributed by atoms with Crippen molar-refractivity contribution in [2.24, 2.45) is 0 Å². The molecule has 3 rings (SSSR count). The van der Waals surface area contributed by atoms with Crippen molar-refractivity contribution in [3.63, 3.8) is 0 Å². The Balaban J connectivity index is 2.21. The first-order valence-electron chi connectivity index (χ1n) is 6.71. The zero-order chi connectivity index (χ0) is 12.5. The van der Waals surface area contributed by atoms with Crippen molar-refractivity contribution < 1.29 is 10.2 Å². The van der Waals surface area contributed by atoms with Crippen molar-refractivity contribution in [2.45, 2.75) is 38.0 Å². The molecule has 0 saturated heterocycles. The molecule has 0 atom stereocenters. The minimum absolute atomic E-state index is 0.00859. The van der Waals surface area contributed by atoms with Crippen LogP contribution in [0.25, 0.3) is 10.8 Å². The summed E-state index contributed by atoms with van der Waals surface area (Å²) in [5.74, 6) is 0.477. The molecule has 1 aliphatic carbocycles. The topological polar surface area (TPSA) is 40.5 Å². The van der Waals surface area contributed by atoms with Crippen molar-refractivity contribution >= 4 is 10.8 Å². The number of hydrogen-bond acceptors (Lipinski definition) is 2. The van der Waals surface area contributed by atoms with E-state index in [1.54, 1.807) is 6.07 Å². The van der Waals surface area contributed by atoms with Gasteiger partial charge in [0.05, 0.1) is 0 Å². The molecule has 1 aliphatic rings. The van der Waals surface area contributed by atoms with Gasteiger partial charge in [0.1, 0.15) is 0 Å². The monoisotopic (exact) mass is 242 g/mol. The molecule has 0 heterocycles. The smallest absolute Gasteiger partial charge is 0.161 e. The minimum Gasteiger partial charge on any atom is -0.504 e. The van der Waals surface area contributed by atoms with Crippen molar-refractivity contribution in [1.82, 2.24) is 0 Å². The Bertz CT molecular complexity index is 569. The van der Waals surface area contributed by atoms with Crippen LogP contribution in [0.5, 0.6) is 11.5 Å². The highest BCUT2D eigenvalue weighted by molar-refractivity contribution is 5.90. The Morgan fingerprint density at radius 2 is 1.67 bits per heavy atom. The van der Waals surface area contributed by atoms with Gasteiger partial charge in [-0.25, -0.2) is 0 Å². The molecule has 2 heteroatoms. The molecule has 0 bridgehead atoms. The number of fused-ring (bicyclic) bond motifs is 1. The van der Waals surface area contributed by atoms with Crippen LogP contribution in [0.15, 0.2) is 30.3 Å². The average Bonchev–Trinajstić information content (AvgIpc) is 2.41. The Labute approximate surface area is 107 Å². The van der Waals surface area contributed by atoms with Gasteiger partial charge in [0.25, 0.3) is 0 Å². The van der Waals surface area contributed by atoms with Crippen LogP contribution in [-0.2, 0) is 0 Å². The van der Waals surface area contributed by atoms with E-state index in [4.69, 9.17) is 0 Å². The van der Waals surface area contributed by atoms with Crippen molar-refractivity contribution in [3.05, 3.63) is 35.9 Å². The van der Waals surface area contributed by atoms with Crippen LogP contribution in [0.2, 0.25) is 0 Å². The van der Waals surface area contributed by atoms with Gasteiger partial charge in [-0.2, -0.15) is 0 Å². The van der Waals surface area contributed by atoms with E-state index < -0.39 is 0 Å². The Kier molecular flexibility index (Phi) is 2.86. The van der Waals surface area contributed by atoms with Crippen LogP contribution in [0.1, 0.15) is 43.6 Å². The maximum absolute atomic E-state index is 10.2. The van der Waals surface area contributed by atoms with Gasteiger partial charge in [0.2, 0.25) is 0 Å². The normalized spacial score (nSPS) is 17.1. The molecule has 0 spiro atoms. The van der Waals surface area contributed by atoms with Gasteiger partial charge >= 0.3 is 0 Å². The highest BCUT2D eigenvalue weighted by Gasteiger charge is 2.22. The maximum atomic E-state index is 10.2. The quantitative estimate of drug-likeness (QED) is 0.732. The summed E-state index contributed by atoms with van der Waals surface area (Å²) in [5.41, 5.74) is 0.949. The lowest BCUT2D eigenvalue weighted by Gasteiger charge is -2.24. The minimum atomic E-state index is 0.00859. The SMILES string of the molecule is Oc1cc2ccccc2c(C2CCCCC2)c1O. The van der Waals surface area contributed by atoms with E-state index >= 15 is 0 Å². The lowest BCUT2D eigenvalue weighted by Crippen LogP contribution is -2.05. The molecule has 0 aliphatic heterocycles. The van der Waals surface area contributed by atoms with Crippen LogP contribution in [0.3, 0.4) is 0 Å². The summed E-state index contributed by atoms with van der Waals surface area (Å²) in [7, 11) is 0. The Hall–Kier alpha value is -1.70. The van der Waals surface area contributed by atoms with Gasteiger partial charge in [-0.05, 0) is 35.6 Å². The van der Waals surface area contributed by atoms with Crippen molar-refractivity contribution in [2.75, 3.05) is 0 Å². The summed E-state index contributed by atoms with van der Waals surface area (Å²) in [4.78, 5) is 0. The third-order valence-electron chi connectivity index (χ3n) is 4.05. The third-order valence-corrected chi connectivity index (χ3v) is 4.05. The van der Waals surface area contributed by atoms with Crippen molar-refractivity contribution in [3.8, 4) is 11.5 Å². The summed E-state index contributed by atoms with van der Waals surface area (Å²) in [6, 6.07) is 9.63. The molecule has 1 fully saturated rings. The highest BCUT2D eigenvalue weighted by atomic mass is 16.3. The first-order chi connectivity index (χ1) is 8.77. The standard InChI is InChI=1S/C16H18O2/c17-14-10-12-8-4-5-9-13(12)15(16(14)18)11-6-2-1-3-7-11/h4-5,8-11,17-18H,1-3,6-7H2. The molecule has 1 saturated carbocycles. The van der Waals surface area contributed by atoms with E-state index in [0.717, 1.165) is 29.2 Å². The van der Waals surface area contributed by atoms with Gasteiger partial charge in [0, 0.05) is 5.56 Å². The molecule has 0 radical (unpaired) electrons. The second-order valence-electron chi connectivity index (χ2n) is 5.21. The molecule has 94 valence electrons. The summed E-state index contributed by atoms with van der Waals surface area (Å²) >= 11 is 0. The van der Waals surface area contributed by atoms with Crippen LogP contribution in [-0.4, -0.2) is 10.2 Å². The fourth-order valence-electron chi connectivity index (χ4n) is 3.15. The number of phenolic OH excluding ortho intramolecular Hbond substituents is 2. The molecular weight excluding hydrogens is 224 g/mol. The largest absolute Gasteiger partial charge is 0.504 e. The number of rotatable bonds is 1. The summed E-state index contributed by atoms with van der Waals surface area (Å²) in [5, 5.41) is 22.2. The van der Waals surface area contributed by atoms with E-state index in [-0.39, 0.29) is 11.5 Å². The Morgan fingerprint density at radius 3 is 2.44 bits per heavy atom. The van der Waals surface area contributed by atoms with Gasteiger partial charge < -0.3 is 10.2 Å². The van der Waals surface area contributed by atoms with E-state index in [9.17, 15) is 10.2 Å². The molecule has 2 N–H and O–H groups in total. The van der Waals surface area contributed by atoms with Gasteiger partial charge in [0.15, 0.2) is 11.5 Å². The fraction of sp³-hybridized carbons (Fsp3) is 0.375. The average molecular weight is 242 g/mol. The summed E-state index contributed by atoms with van der Waals surface area (Å²) in [6.45, 7) is 0. The fourth-order valence-corrected chi connectivity index (χ4v) is 3.15. The number of phenols is 2. The van der Waals surface area contributed by atoms with E-state index in [2.05, 4.69) is 0 Å².